The van der Waals surface area contributed by atoms with Gasteiger partial charge in [-0.25, -0.2) is 8.42 Å². The van der Waals surface area contributed by atoms with Gasteiger partial charge in [-0.05, 0) is 42.8 Å². The number of anilines is 2. The number of hydrogen-bond acceptors (Lipinski definition) is 7. The molecular formula is C25H26N4O6S. The Morgan fingerprint density at radius 2 is 1.81 bits per heavy atom. The average Bonchev–Trinajstić information content (AvgIpc) is 2.91. The van der Waals surface area contributed by atoms with Crippen LogP contribution in [0.5, 0.6) is 11.5 Å². The Hall–Kier alpha value is -4.12. The fourth-order valence-electron chi connectivity index (χ4n) is 3.58. The lowest BCUT2D eigenvalue weighted by molar-refractivity contribution is -0.114. The van der Waals surface area contributed by atoms with Crippen molar-refractivity contribution in [3.05, 3.63) is 78.1 Å². The van der Waals surface area contributed by atoms with Gasteiger partial charge in [-0.3, -0.25) is 18.9 Å². The van der Waals surface area contributed by atoms with Crippen molar-refractivity contribution in [2.75, 3.05) is 35.1 Å². The van der Waals surface area contributed by atoms with E-state index in [9.17, 15) is 18.0 Å². The SMILES string of the molecule is CCS(=O)(=O)N(CC(=O)Nc1ccccc1C(=O)NCc1cccnc1)c1ccc2c(c1)OCCO2. The lowest BCUT2D eigenvalue weighted by atomic mass is 10.1. The second-order valence-corrected chi connectivity index (χ2v) is 10.1. The van der Waals surface area contributed by atoms with Crippen molar-refractivity contribution in [2.45, 2.75) is 13.5 Å². The number of nitrogens with one attached hydrogen (secondary N) is 2. The number of para-hydroxylation sites is 1. The van der Waals surface area contributed by atoms with Gasteiger partial charge >= 0.3 is 0 Å². The lowest BCUT2D eigenvalue weighted by Gasteiger charge is -2.26. The molecule has 2 N–H and O–H groups in total. The van der Waals surface area contributed by atoms with E-state index in [0.717, 1.165) is 9.87 Å². The first-order chi connectivity index (χ1) is 17.4. The Morgan fingerprint density at radius 3 is 2.56 bits per heavy atom. The predicted molar refractivity (Wildman–Crippen MR) is 135 cm³/mol. The van der Waals surface area contributed by atoms with Crippen LogP contribution >= 0.6 is 0 Å². The predicted octanol–water partition coefficient (Wildman–Crippen LogP) is 2.58. The molecule has 0 fully saturated rings. The first-order valence-corrected chi connectivity index (χ1v) is 12.9. The van der Waals surface area contributed by atoms with Crippen molar-refractivity contribution < 1.29 is 27.5 Å². The number of carbonyl (C=O) groups excluding carboxylic acids is 2. The minimum atomic E-state index is -3.80. The van der Waals surface area contributed by atoms with Crippen LogP contribution in [-0.4, -0.2) is 50.7 Å². The molecule has 0 radical (unpaired) electrons. The minimum Gasteiger partial charge on any atom is -0.486 e. The maximum absolute atomic E-state index is 13.0. The molecule has 36 heavy (non-hydrogen) atoms. The van der Waals surface area contributed by atoms with Gasteiger partial charge in [0.1, 0.15) is 19.8 Å². The van der Waals surface area contributed by atoms with Crippen molar-refractivity contribution in [3.8, 4) is 11.5 Å². The third kappa shape index (κ3) is 5.92. The Labute approximate surface area is 209 Å². The summed E-state index contributed by atoms with van der Waals surface area (Å²) in [7, 11) is -3.80. The molecule has 0 spiro atoms. The van der Waals surface area contributed by atoms with Gasteiger partial charge < -0.3 is 20.1 Å². The van der Waals surface area contributed by atoms with Crippen LogP contribution in [0, 0.1) is 0 Å². The molecule has 0 saturated heterocycles. The molecule has 1 aromatic heterocycles. The first-order valence-electron chi connectivity index (χ1n) is 11.3. The summed E-state index contributed by atoms with van der Waals surface area (Å²) >= 11 is 0. The summed E-state index contributed by atoms with van der Waals surface area (Å²) < 4.78 is 37.8. The fraction of sp³-hybridized carbons (Fsp3) is 0.240. The van der Waals surface area contributed by atoms with Crippen molar-refractivity contribution >= 4 is 33.2 Å². The largest absolute Gasteiger partial charge is 0.486 e. The number of ether oxygens (including phenoxy) is 2. The number of aromatic nitrogens is 1. The number of nitrogens with zero attached hydrogens (tertiary/aromatic N) is 2. The summed E-state index contributed by atoms with van der Waals surface area (Å²) in [6.07, 6.45) is 3.29. The zero-order chi connectivity index (χ0) is 25.5. The van der Waals surface area contributed by atoms with E-state index in [0.29, 0.717) is 24.7 Å². The summed E-state index contributed by atoms with van der Waals surface area (Å²) in [6.45, 7) is 2.03. The number of amides is 2. The van der Waals surface area contributed by atoms with Crippen LogP contribution in [0.25, 0.3) is 0 Å². The molecule has 2 heterocycles. The molecule has 11 heteroatoms. The van der Waals surface area contributed by atoms with Gasteiger partial charge in [0, 0.05) is 25.0 Å². The van der Waals surface area contributed by atoms with Gasteiger partial charge in [0.2, 0.25) is 15.9 Å². The number of sulfonamides is 1. The maximum Gasteiger partial charge on any atom is 0.253 e. The molecule has 0 unspecified atom stereocenters. The molecule has 0 saturated carbocycles. The van der Waals surface area contributed by atoms with E-state index in [-0.39, 0.29) is 35.1 Å². The number of benzene rings is 2. The summed E-state index contributed by atoms with van der Waals surface area (Å²) in [5.41, 5.74) is 1.62. The van der Waals surface area contributed by atoms with Gasteiger partial charge in [0.05, 0.1) is 22.7 Å². The van der Waals surface area contributed by atoms with Gasteiger partial charge in [0.25, 0.3) is 5.91 Å². The molecule has 188 valence electrons. The van der Waals surface area contributed by atoms with Crippen molar-refractivity contribution in [3.63, 3.8) is 0 Å². The van der Waals surface area contributed by atoms with E-state index in [4.69, 9.17) is 9.47 Å². The molecule has 0 aliphatic carbocycles. The first kappa shape index (κ1) is 25.0. The fourth-order valence-corrected chi connectivity index (χ4v) is 4.64. The highest BCUT2D eigenvalue weighted by Crippen LogP contribution is 2.34. The van der Waals surface area contributed by atoms with Crippen LogP contribution in [0.2, 0.25) is 0 Å². The van der Waals surface area contributed by atoms with E-state index in [1.165, 1.54) is 13.0 Å². The van der Waals surface area contributed by atoms with Crippen LogP contribution in [0.4, 0.5) is 11.4 Å². The number of rotatable bonds is 9. The van der Waals surface area contributed by atoms with E-state index < -0.39 is 22.5 Å². The van der Waals surface area contributed by atoms with Gasteiger partial charge in [-0.1, -0.05) is 18.2 Å². The highest BCUT2D eigenvalue weighted by Gasteiger charge is 2.26. The quantitative estimate of drug-likeness (QED) is 0.453. The van der Waals surface area contributed by atoms with E-state index >= 15 is 0 Å². The van der Waals surface area contributed by atoms with Crippen molar-refractivity contribution in [1.29, 1.82) is 0 Å². The summed E-state index contributed by atoms with van der Waals surface area (Å²) in [4.78, 5) is 29.8. The van der Waals surface area contributed by atoms with E-state index in [1.54, 1.807) is 54.9 Å². The second-order valence-electron chi connectivity index (χ2n) is 7.87. The maximum atomic E-state index is 13.0. The van der Waals surface area contributed by atoms with Crippen LogP contribution < -0.4 is 24.4 Å². The highest BCUT2D eigenvalue weighted by atomic mass is 32.2. The molecule has 3 aromatic rings. The van der Waals surface area contributed by atoms with Crippen LogP contribution in [-0.2, 0) is 21.4 Å². The molecule has 2 amide bonds. The molecule has 2 aromatic carbocycles. The number of carbonyl (C=O) groups is 2. The molecule has 0 bridgehead atoms. The third-order valence-corrected chi connectivity index (χ3v) is 7.16. The average molecular weight is 511 g/mol. The smallest absolute Gasteiger partial charge is 0.253 e. The Balaban J connectivity index is 1.50. The summed E-state index contributed by atoms with van der Waals surface area (Å²) in [5.74, 6) is -0.281. The molecule has 0 atom stereocenters. The summed E-state index contributed by atoms with van der Waals surface area (Å²) in [5, 5.41) is 5.47. The lowest BCUT2D eigenvalue weighted by Crippen LogP contribution is -2.39. The highest BCUT2D eigenvalue weighted by molar-refractivity contribution is 7.92. The zero-order valence-corrected chi connectivity index (χ0v) is 20.5. The van der Waals surface area contributed by atoms with Crippen molar-refractivity contribution in [2.24, 2.45) is 0 Å². The van der Waals surface area contributed by atoms with Gasteiger partial charge in [0.15, 0.2) is 11.5 Å². The normalized spacial score (nSPS) is 12.5. The molecule has 10 nitrogen and oxygen atoms in total. The van der Waals surface area contributed by atoms with E-state index in [2.05, 4.69) is 15.6 Å². The van der Waals surface area contributed by atoms with Crippen LogP contribution in [0.15, 0.2) is 67.0 Å². The Bertz CT molecular complexity index is 1350. The van der Waals surface area contributed by atoms with Gasteiger partial charge in [-0.2, -0.15) is 0 Å². The molecule has 1 aliphatic heterocycles. The van der Waals surface area contributed by atoms with Crippen molar-refractivity contribution in [1.82, 2.24) is 10.3 Å². The Morgan fingerprint density at radius 1 is 1.03 bits per heavy atom. The number of hydrogen-bond donors (Lipinski definition) is 2. The molecule has 1 aliphatic rings. The standard InChI is InChI=1S/C25H26N4O6S/c1-2-36(32,33)29(19-9-10-22-23(14-19)35-13-12-34-22)17-24(30)28-21-8-4-3-7-20(21)25(31)27-16-18-6-5-11-26-15-18/h3-11,14-15H,2,12-13,16-17H2,1H3,(H,27,31)(H,28,30). The monoisotopic (exact) mass is 510 g/mol. The summed E-state index contributed by atoms with van der Waals surface area (Å²) in [6, 6.07) is 14.8. The number of fused-ring (bicyclic) bond motifs is 1. The van der Waals surface area contributed by atoms with Crippen LogP contribution in [0.1, 0.15) is 22.8 Å². The molecular weight excluding hydrogens is 484 g/mol. The zero-order valence-electron chi connectivity index (χ0n) is 19.6. The van der Waals surface area contributed by atoms with E-state index in [1.807, 2.05) is 6.07 Å². The topological polar surface area (TPSA) is 127 Å². The third-order valence-electron chi connectivity index (χ3n) is 5.42. The second kappa shape index (κ2) is 11.1. The molecule has 4 rings (SSSR count). The van der Waals surface area contributed by atoms with Gasteiger partial charge in [-0.15, -0.1) is 0 Å². The Kier molecular flexibility index (Phi) is 7.69. The number of pyridine rings is 1. The van der Waals surface area contributed by atoms with Crippen LogP contribution in [0.3, 0.4) is 0 Å². The minimum absolute atomic E-state index is 0.206.